The summed E-state index contributed by atoms with van der Waals surface area (Å²) in [5.41, 5.74) is -0.467. The van der Waals surface area contributed by atoms with Crippen LogP contribution >= 0.6 is 0 Å². The lowest BCUT2D eigenvalue weighted by atomic mass is 10.1. The molecule has 3 rings (SSSR count). The fraction of sp³-hybridized carbons (Fsp3) is 0.333. The van der Waals surface area contributed by atoms with Crippen LogP contribution in [0.3, 0.4) is 0 Å². The first-order valence-electron chi connectivity index (χ1n) is 8.78. The number of sulfone groups is 1. The number of rotatable bonds is 7. The van der Waals surface area contributed by atoms with Gasteiger partial charge in [0.15, 0.2) is 11.2 Å². The molecule has 3 aromatic rings. The van der Waals surface area contributed by atoms with Crippen LogP contribution in [0.25, 0.3) is 11.2 Å². The zero-order valence-electron chi connectivity index (χ0n) is 15.9. The third-order valence-electron chi connectivity index (χ3n) is 4.63. The van der Waals surface area contributed by atoms with Crippen molar-refractivity contribution in [3.63, 3.8) is 0 Å². The molecule has 0 atom stereocenters. The predicted octanol–water partition coefficient (Wildman–Crippen LogP) is -0.0752. The molecule has 29 heavy (non-hydrogen) atoms. The molecule has 1 aromatic carbocycles. The Labute approximate surface area is 165 Å². The Morgan fingerprint density at radius 1 is 1.10 bits per heavy atom. The molecule has 0 aliphatic rings. The van der Waals surface area contributed by atoms with Crippen molar-refractivity contribution in [3.8, 4) is 0 Å². The van der Waals surface area contributed by atoms with Crippen molar-refractivity contribution in [2.45, 2.75) is 24.5 Å². The molecular weight excluding hydrogens is 400 g/mol. The number of aliphatic carboxylic acids is 1. The van der Waals surface area contributed by atoms with Crippen molar-refractivity contribution in [2.75, 3.05) is 5.75 Å². The van der Waals surface area contributed by atoms with Gasteiger partial charge in [0.05, 0.1) is 12.2 Å². The molecule has 154 valence electrons. The first-order valence-corrected chi connectivity index (χ1v) is 10.4. The fourth-order valence-electron chi connectivity index (χ4n) is 3.11. The third kappa shape index (κ3) is 3.86. The average Bonchev–Trinajstić information content (AvgIpc) is 3.09. The van der Waals surface area contributed by atoms with Crippen molar-refractivity contribution < 1.29 is 18.3 Å². The molecule has 1 N–H and O–H groups in total. The Morgan fingerprint density at radius 3 is 2.38 bits per heavy atom. The zero-order chi connectivity index (χ0) is 21.3. The molecule has 0 saturated carbocycles. The van der Waals surface area contributed by atoms with Gasteiger partial charge in [0, 0.05) is 20.6 Å². The summed E-state index contributed by atoms with van der Waals surface area (Å²) in [7, 11) is -1.39. The van der Waals surface area contributed by atoms with Gasteiger partial charge in [0.1, 0.15) is 0 Å². The van der Waals surface area contributed by atoms with Crippen LogP contribution in [0.4, 0.5) is 0 Å². The predicted molar refractivity (Wildman–Crippen MR) is 105 cm³/mol. The largest absolute Gasteiger partial charge is 0.481 e. The number of hydrogen-bond donors (Lipinski definition) is 1. The van der Waals surface area contributed by atoms with Crippen molar-refractivity contribution in [1.82, 2.24) is 18.7 Å². The van der Waals surface area contributed by atoms with Gasteiger partial charge in [-0.3, -0.25) is 18.7 Å². The molecule has 2 heterocycles. The maximum absolute atomic E-state index is 12.8. The third-order valence-corrected chi connectivity index (χ3v) is 6.24. The molecule has 0 spiro atoms. The van der Waals surface area contributed by atoms with Gasteiger partial charge in [0.25, 0.3) is 5.56 Å². The summed E-state index contributed by atoms with van der Waals surface area (Å²) in [5, 5.41) is 8.44. The molecule has 0 amide bonds. The average molecular weight is 420 g/mol. The second-order valence-electron chi connectivity index (χ2n) is 6.62. The number of aryl methyl sites for hydroxylation is 3. The number of benzene rings is 1. The van der Waals surface area contributed by atoms with Crippen molar-refractivity contribution >= 4 is 27.0 Å². The maximum atomic E-state index is 12.8. The molecule has 0 bridgehead atoms. The number of hydrogen-bond acceptors (Lipinski definition) is 6. The maximum Gasteiger partial charge on any atom is 0.332 e. The minimum atomic E-state index is -4.10. The Hall–Kier alpha value is -3.21. The molecule has 0 aliphatic carbocycles. The smallest absolute Gasteiger partial charge is 0.332 e. The summed E-state index contributed by atoms with van der Waals surface area (Å²) in [4.78, 5) is 39.8. The quantitative estimate of drug-likeness (QED) is 0.565. The minimum absolute atomic E-state index is 0.0860. The van der Waals surface area contributed by atoms with E-state index in [1.54, 1.807) is 0 Å². The lowest BCUT2D eigenvalue weighted by Gasteiger charge is -2.11. The lowest BCUT2D eigenvalue weighted by molar-refractivity contribution is -0.136. The zero-order valence-corrected chi connectivity index (χ0v) is 16.7. The van der Waals surface area contributed by atoms with Crippen molar-refractivity contribution in [2.24, 2.45) is 14.1 Å². The molecule has 0 aliphatic heterocycles. The highest BCUT2D eigenvalue weighted by Gasteiger charge is 2.27. The van der Waals surface area contributed by atoms with Gasteiger partial charge in [-0.25, -0.2) is 18.2 Å². The number of carboxylic acids is 1. The first-order chi connectivity index (χ1) is 13.6. The van der Waals surface area contributed by atoms with E-state index in [0.717, 1.165) is 10.1 Å². The molecule has 0 radical (unpaired) electrons. The van der Waals surface area contributed by atoms with Crippen LogP contribution in [0.15, 0.2) is 45.1 Å². The second kappa shape index (κ2) is 7.66. The Kier molecular flexibility index (Phi) is 5.42. The van der Waals surface area contributed by atoms with E-state index in [2.05, 4.69) is 4.98 Å². The monoisotopic (exact) mass is 420 g/mol. The molecule has 2 aromatic heterocycles. The van der Waals surface area contributed by atoms with E-state index in [0.29, 0.717) is 6.42 Å². The van der Waals surface area contributed by atoms with Gasteiger partial charge in [-0.05, 0) is 12.0 Å². The number of fused-ring (bicyclic) bond motifs is 1. The van der Waals surface area contributed by atoms with Crippen LogP contribution in [0.5, 0.6) is 0 Å². The van der Waals surface area contributed by atoms with Gasteiger partial charge < -0.3 is 9.67 Å². The van der Waals surface area contributed by atoms with E-state index in [9.17, 15) is 22.8 Å². The Morgan fingerprint density at radius 2 is 1.76 bits per heavy atom. The normalized spacial score (nSPS) is 11.8. The minimum Gasteiger partial charge on any atom is -0.481 e. The molecule has 0 fully saturated rings. The Balaban J connectivity index is 2.22. The standard InChI is InChI=1S/C18H20N4O6S/c1-20-15-14(16(25)21(2)18(20)26)19-17(29(27,28)11-9-13(23)24)22(15)10-8-12-6-4-3-5-7-12/h3-7H,8-11H2,1-2H3,(H,23,24). The fourth-order valence-corrected chi connectivity index (χ4v) is 4.48. The number of aromatic nitrogens is 4. The second-order valence-corrected chi connectivity index (χ2v) is 8.63. The number of imidazole rings is 1. The highest BCUT2D eigenvalue weighted by Crippen LogP contribution is 2.19. The van der Waals surface area contributed by atoms with Gasteiger partial charge in [-0.1, -0.05) is 30.3 Å². The van der Waals surface area contributed by atoms with E-state index in [4.69, 9.17) is 5.11 Å². The van der Waals surface area contributed by atoms with E-state index >= 15 is 0 Å². The molecular formula is C18H20N4O6S. The van der Waals surface area contributed by atoms with E-state index in [1.807, 2.05) is 30.3 Å². The molecule has 10 nitrogen and oxygen atoms in total. The van der Waals surface area contributed by atoms with Gasteiger partial charge in [-0.15, -0.1) is 0 Å². The van der Waals surface area contributed by atoms with Crippen LogP contribution in [-0.2, 0) is 41.7 Å². The summed E-state index contributed by atoms with van der Waals surface area (Å²) < 4.78 is 28.9. The first kappa shape index (κ1) is 20.5. The summed E-state index contributed by atoms with van der Waals surface area (Å²) in [6.45, 7) is 0.141. The molecule has 11 heteroatoms. The highest BCUT2D eigenvalue weighted by atomic mass is 32.2. The number of carboxylic acid groups (broad SMARTS) is 1. The van der Waals surface area contributed by atoms with Gasteiger partial charge in [-0.2, -0.15) is 0 Å². The van der Waals surface area contributed by atoms with E-state index in [-0.39, 0.29) is 17.7 Å². The van der Waals surface area contributed by atoms with Crippen LogP contribution < -0.4 is 11.2 Å². The summed E-state index contributed by atoms with van der Waals surface area (Å²) in [6, 6.07) is 9.28. The van der Waals surface area contributed by atoms with Crippen molar-refractivity contribution in [1.29, 1.82) is 0 Å². The van der Waals surface area contributed by atoms with E-state index in [1.165, 1.54) is 23.2 Å². The summed E-state index contributed by atoms with van der Waals surface area (Å²) in [6.07, 6.45) is -0.168. The van der Waals surface area contributed by atoms with Gasteiger partial charge >= 0.3 is 11.7 Å². The van der Waals surface area contributed by atoms with Crippen LogP contribution in [0.2, 0.25) is 0 Å². The number of carbonyl (C=O) groups is 1. The Bertz CT molecular complexity index is 1300. The van der Waals surface area contributed by atoms with Crippen LogP contribution in [0, 0.1) is 0 Å². The van der Waals surface area contributed by atoms with Crippen LogP contribution in [-0.4, -0.2) is 43.9 Å². The summed E-state index contributed by atoms with van der Waals surface area (Å²) >= 11 is 0. The highest BCUT2D eigenvalue weighted by molar-refractivity contribution is 7.91. The summed E-state index contributed by atoms with van der Waals surface area (Å²) in [5.74, 6) is -1.92. The lowest BCUT2D eigenvalue weighted by Crippen LogP contribution is -2.37. The molecule has 0 unspecified atom stereocenters. The SMILES string of the molecule is Cn1c(=O)c2nc(S(=O)(=O)CCC(=O)O)n(CCc3ccccc3)c2n(C)c1=O. The van der Waals surface area contributed by atoms with Crippen molar-refractivity contribution in [3.05, 3.63) is 56.7 Å². The van der Waals surface area contributed by atoms with Gasteiger partial charge in [0.2, 0.25) is 15.0 Å². The number of nitrogens with zero attached hydrogens (tertiary/aromatic N) is 4. The van der Waals surface area contributed by atoms with Crippen LogP contribution in [0.1, 0.15) is 12.0 Å². The topological polar surface area (TPSA) is 133 Å². The molecule has 0 saturated heterocycles. The van der Waals surface area contributed by atoms with E-state index < -0.39 is 44.4 Å².